The SMILES string of the molecule is CN(C(=O)C1CCC(F)(F)C1)C1CCCCC1Br. The summed E-state index contributed by atoms with van der Waals surface area (Å²) in [6.45, 7) is 0. The molecule has 0 aliphatic heterocycles. The highest BCUT2D eigenvalue weighted by Crippen LogP contribution is 2.40. The minimum atomic E-state index is -2.64. The smallest absolute Gasteiger partial charge is 0.248 e. The van der Waals surface area contributed by atoms with Crippen LogP contribution in [0.15, 0.2) is 0 Å². The van der Waals surface area contributed by atoms with Crippen LogP contribution < -0.4 is 0 Å². The van der Waals surface area contributed by atoms with Crippen LogP contribution >= 0.6 is 15.9 Å². The summed E-state index contributed by atoms with van der Waals surface area (Å²) in [5, 5.41) is 0. The maximum atomic E-state index is 13.2. The molecule has 2 aliphatic rings. The molecule has 18 heavy (non-hydrogen) atoms. The minimum Gasteiger partial charge on any atom is -0.341 e. The minimum absolute atomic E-state index is 0.0940. The van der Waals surface area contributed by atoms with E-state index in [9.17, 15) is 13.6 Å². The first-order chi connectivity index (χ1) is 8.41. The van der Waals surface area contributed by atoms with Crippen LogP contribution in [0.2, 0.25) is 0 Å². The standard InChI is InChI=1S/C13H20BrF2NO/c1-17(11-5-3-2-4-10(11)14)12(18)9-6-7-13(15,16)8-9/h9-11H,2-8H2,1H3. The zero-order chi connectivity index (χ0) is 13.3. The van der Waals surface area contributed by atoms with Gasteiger partial charge in [0, 0.05) is 36.7 Å². The lowest BCUT2D eigenvalue weighted by Crippen LogP contribution is -2.46. The zero-order valence-electron chi connectivity index (χ0n) is 10.7. The van der Waals surface area contributed by atoms with E-state index in [-0.39, 0.29) is 24.8 Å². The molecule has 0 saturated heterocycles. The highest BCUT2D eigenvalue weighted by molar-refractivity contribution is 9.09. The van der Waals surface area contributed by atoms with Crippen LogP contribution in [0.1, 0.15) is 44.9 Å². The third-order valence-corrected chi connectivity index (χ3v) is 5.31. The predicted molar refractivity (Wildman–Crippen MR) is 70.0 cm³/mol. The van der Waals surface area contributed by atoms with Gasteiger partial charge in [0.1, 0.15) is 0 Å². The molecule has 0 radical (unpaired) electrons. The topological polar surface area (TPSA) is 20.3 Å². The van der Waals surface area contributed by atoms with E-state index in [4.69, 9.17) is 0 Å². The maximum absolute atomic E-state index is 13.2. The molecule has 0 spiro atoms. The van der Waals surface area contributed by atoms with Crippen molar-refractivity contribution >= 4 is 21.8 Å². The molecule has 2 rings (SSSR count). The second kappa shape index (κ2) is 5.43. The Hall–Kier alpha value is -0.190. The lowest BCUT2D eigenvalue weighted by atomic mass is 9.93. The number of rotatable bonds is 2. The van der Waals surface area contributed by atoms with Crippen molar-refractivity contribution in [2.75, 3.05) is 7.05 Å². The van der Waals surface area contributed by atoms with Crippen LogP contribution in [-0.2, 0) is 4.79 Å². The summed E-state index contributed by atoms with van der Waals surface area (Å²) in [5.74, 6) is -3.21. The Balaban J connectivity index is 1.96. The first kappa shape index (κ1) is 14.2. The highest BCUT2D eigenvalue weighted by atomic mass is 79.9. The number of hydrogen-bond donors (Lipinski definition) is 0. The van der Waals surface area contributed by atoms with Crippen molar-refractivity contribution < 1.29 is 13.6 Å². The van der Waals surface area contributed by atoms with Crippen molar-refractivity contribution in [2.45, 2.75) is 61.7 Å². The van der Waals surface area contributed by atoms with Gasteiger partial charge in [-0.25, -0.2) is 8.78 Å². The molecule has 104 valence electrons. The molecule has 0 aromatic carbocycles. The first-order valence-electron chi connectivity index (χ1n) is 6.69. The van der Waals surface area contributed by atoms with Gasteiger partial charge in [0.15, 0.2) is 0 Å². The van der Waals surface area contributed by atoms with Crippen molar-refractivity contribution in [2.24, 2.45) is 5.92 Å². The average molecular weight is 324 g/mol. The molecular weight excluding hydrogens is 304 g/mol. The Labute approximate surface area is 115 Å². The second-order valence-electron chi connectivity index (χ2n) is 5.61. The summed E-state index contributed by atoms with van der Waals surface area (Å²) in [6.07, 6.45) is 4.25. The molecule has 2 nitrogen and oxygen atoms in total. The van der Waals surface area contributed by atoms with E-state index in [0.29, 0.717) is 11.2 Å². The van der Waals surface area contributed by atoms with Gasteiger partial charge in [0.25, 0.3) is 0 Å². The van der Waals surface area contributed by atoms with Gasteiger partial charge in [-0.2, -0.15) is 0 Å². The fourth-order valence-corrected chi connectivity index (χ4v) is 4.06. The van der Waals surface area contributed by atoms with Crippen LogP contribution in [0.5, 0.6) is 0 Å². The lowest BCUT2D eigenvalue weighted by molar-refractivity contribution is -0.137. The van der Waals surface area contributed by atoms with Crippen LogP contribution in [0, 0.1) is 5.92 Å². The number of alkyl halides is 3. The highest BCUT2D eigenvalue weighted by Gasteiger charge is 2.44. The fourth-order valence-electron chi connectivity index (χ4n) is 3.11. The predicted octanol–water partition coefficient (Wildman–Crippen LogP) is 3.59. The van der Waals surface area contributed by atoms with Gasteiger partial charge in [-0.15, -0.1) is 0 Å². The third kappa shape index (κ3) is 3.03. The summed E-state index contributed by atoms with van der Waals surface area (Å²) < 4.78 is 26.3. The van der Waals surface area contributed by atoms with E-state index in [2.05, 4.69) is 15.9 Å². The fraction of sp³-hybridized carbons (Fsp3) is 0.923. The summed E-state index contributed by atoms with van der Waals surface area (Å²) >= 11 is 3.61. The van der Waals surface area contributed by atoms with Crippen molar-refractivity contribution in [1.82, 2.24) is 4.90 Å². The molecule has 1 amide bonds. The number of carbonyl (C=O) groups is 1. The molecule has 2 fully saturated rings. The Morgan fingerprint density at radius 2 is 1.94 bits per heavy atom. The lowest BCUT2D eigenvalue weighted by Gasteiger charge is -2.36. The molecule has 0 heterocycles. The van der Waals surface area contributed by atoms with Crippen molar-refractivity contribution in [3.05, 3.63) is 0 Å². The van der Waals surface area contributed by atoms with Crippen LogP contribution in [0.3, 0.4) is 0 Å². The second-order valence-corrected chi connectivity index (χ2v) is 6.79. The Bertz CT molecular complexity index is 324. The molecule has 0 bridgehead atoms. The summed E-state index contributed by atoms with van der Waals surface area (Å²) in [5.41, 5.74) is 0. The van der Waals surface area contributed by atoms with E-state index in [1.54, 1.807) is 11.9 Å². The molecule has 0 N–H and O–H groups in total. The number of carbonyl (C=O) groups excluding carboxylic acids is 1. The van der Waals surface area contributed by atoms with Crippen molar-refractivity contribution in [3.63, 3.8) is 0 Å². The molecule has 0 aromatic rings. The average Bonchev–Trinajstić information content (AvgIpc) is 2.68. The third-order valence-electron chi connectivity index (χ3n) is 4.25. The number of halogens is 3. The first-order valence-corrected chi connectivity index (χ1v) is 7.61. The van der Waals surface area contributed by atoms with E-state index in [1.165, 1.54) is 6.42 Å². The summed E-state index contributed by atoms with van der Waals surface area (Å²) in [6, 6.07) is 0.167. The number of hydrogen-bond acceptors (Lipinski definition) is 1. The van der Waals surface area contributed by atoms with E-state index >= 15 is 0 Å². The van der Waals surface area contributed by atoms with Gasteiger partial charge in [-0.05, 0) is 19.3 Å². The molecule has 0 aromatic heterocycles. The van der Waals surface area contributed by atoms with Crippen LogP contribution in [0.4, 0.5) is 8.78 Å². The molecule has 2 aliphatic carbocycles. The van der Waals surface area contributed by atoms with Gasteiger partial charge >= 0.3 is 0 Å². The summed E-state index contributed by atoms with van der Waals surface area (Å²) in [4.78, 5) is 14.3. The van der Waals surface area contributed by atoms with Crippen molar-refractivity contribution in [3.8, 4) is 0 Å². The van der Waals surface area contributed by atoms with Crippen LogP contribution in [0.25, 0.3) is 0 Å². The largest absolute Gasteiger partial charge is 0.341 e. The Morgan fingerprint density at radius 3 is 2.50 bits per heavy atom. The molecule has 2 saturated carbocycles. The molecule has 3 unspecified atom stereocenters. The van der Waals surface area contributed by atoms with E-state index < -0.39 is 11.8 Å². The van der Waals surface area contributed by atoms with Gasteiger partial charge < -0.3 is 4.90 Å². The van der Waals surface area contributed by atoms with Gasteiger partial charge in [-0.1, -0.05) is 28.8 Å². The Morgan fingerprint density at radius 1 is 1.28 bits per heavy atom. The van der Waals surface area contributed by atoms with Gasteiger partial charge in [0.05, 0.1) is 0 Å². The van der Waals surface area contributed by atoms with Gasteiger partial charge in [-0.3, -0.25) is 4.79 Å². The van der Waals surface area contributed by atoms with Crippen LogP contribution in [-0.4, -0.2) is 34.6 Å². The Kier molecular flexibility index (Phi) is 4.29. The zero-order valence-corrected chi connectivity index (χ0v) is 12.3. The van der Waals surface area contributed by atoms with Gasteiger partial charge in [0.2, 0.25) is 11.8 Å². The summed E-state index contributed by atoms with van der Waals surface area (Å²) in [7, 11) is 1.77. The molecule has 5 heteroatoms. The normalized spacial score (nSPS) is 35.4. The molecular formula is C13H20BrF2NO. The number of amides is 1. The quantitative estimate of drug-likeness (QED) is 0.711. The molecule has 3 atom stereocenters. The monoisotopic (exact) mass is 323 g/mol. The maximum Gasteiger partial charge on any atom is 0.248 e. The number of nitrogens with zero attached hydrogens (tertiary/aromatic N) is 1. The van der Waals surface area contributed by atoms with E-state index in [0.717, 1.165) is 19.3 Å². The van der Waals surface area contributed by atoms with E-state index in [1.807, 2.05) is 0 Å². The van der Waals surface area contributed by atoms with Crippen molar-refractivity contribution in [1.29, 1.82) is 0 Å².